The van der Waals surface area contributed by atoms with Gasteiger partial charge in [0.1, 0.15) is 5.82 Å². The van der Waals surface area contributed by atoms with Gasteiger partial charge in [-0.25, -0.2) is 4.98 Å². The molecule has 1 aliphatic heterocycles. The van der Waals surface area contributed by atoms with Gasteiger partial charge in [-0.2, -0.15) is 4.98 Å². The molecule has 1 aromatic carbocycles. The van der Waals surface area contributed by atoms with Gasteiger partial charge < -0.3 is 26.0 Å². The molecule has 0 spiro atoms. The molecule has 0 radical (unpaired) electrons. The number of anilines is 3. The highest BCUT2D eigenvalue weighted by Gasteiger charge is 2.54. The van der Waals surface area contributed by atoms with Crippen LogP contribution in [-0.4, -0.2) is 63.7 Å². The molecule has 5 aliphatic rings. The highest BCUT2D eigenvalue weighted by Crippen LogP contribution is 2.56. The Morgan fingerprint density at radius 3 is 2.47 bits per heavy atom. The van der Waals surface area contributed by atoms with Crippen LogP contribution in [0.5, 0.6) is 0 Å². The molecule has 2 aromatic rings. The molecule has 36 heavy (non-hydrogen) atoms. The summed E-state index contributed by atoms with van der Waals surface area (Å²) in [6.07, 6.45) is 8.91. The Labute approximate surface area is 220 Å². The van der Waals surface area contributed by atoms with Crippen molar-refractivity contribution in [3.63, 3.8) is 0 Å². The van der Waals surface area contributed by atoms with Crippen LogP contribution < -0.4 is 16.0 Å². The molecule has 4 bridgehead atoms. The summed E-state index contributed by atoms with van der Waals surface area (Å²) < 4.78 is 0.835. The summed E-state index contributed by atoms with van der Waals surface area (Å²) in [7, 11) is 2.12. The van der Waals surface area contributed by atoms with Gasteiger partial charge in [0.05, 0.1) is 10.1 Å². The van der Waals surface area contributed by atoms with Crippen LogP contribution in [0.25, 0.3) is 0 Å². The minimum absolute atomic E-state index is 0.0252. The Balaban J connectivity index is 1.09. The normalized spacial score (nSPS) is 31.9. The summed E-state index contributed by atoms with van der Waals surface area (Å²) in [6, 6.07) is 8.03. The van der Waals surface area contributed by atoms with Crippen LogP contribution in [0.3, 0.4) is 0 Å². The Morgan fingerprint density at radius 1 is 1.11 bits per heavy atom. The van der Waals surface area contributed by atoms with E-state index >= 15 is 0 Å². The van der Waals surface area contributed by atoms with E-state index in [1.165, 1.54) is 12.8 Å². The number of carbonyl (C=O) groups is 1. The van der Waals surface area contributed by atoms with Crippen LogP contribution >= 0.6 is 15.9 Å². The van der Waals surface area contributed by atoms with E-state index < -0.39 is 5.60 Å². The number of hydrogen-bond donors (Lipinski definition) is 4. The molecule has 9 heteroatoms. The number of rotatable bonds is 6. The molecule has 4 N–H and O–H groups in total. The highest BCUT2D eigenvalue weighted by atomic mass is 79.9. The average molecular weight is 556 g/mol. The third kappa shape index (κ3) is 4.97. The van der Waals surface area contributed by atoms with Crippen molar-refractivity contribution in [3.05, 3.63) is 40.5 Å². The maximum atomic E-state index is 12.7. The topological polar surface area (TPSA) is 102 Å². The van der Waals surface area contributed by atoms with Gasteiger partial charge in [-0.05, 0) is 123 Å². The van der Waals surface area contributed by atoms with Crippen LogP contribution in [-0.2, 0) is 0 Å². The van der Waals surface area contributed by atoms with Crippen LogP contribution in [0, 0.1) is 17.8 Å². The maximum Gasteiger partial charge on any atom is 0.251 e. The van der Waals surface area contributed by atoms with Crippen molar-refractivity contribution in [1.82, 2.24) is 20.2 Å². The molecule has 8 nitrogen and oxygen atoms in total. The largest absolute Gasteiger partial charge is 0.390 e. The third-order valence-electron chi connectivity index (χ3n) is 8.75. The van der Waals surface area contributed by atoms with Gasteiger partial charge in [0.25, 0.3) is 5.91 Å². The van der Waals surface area contributed by atoms with E-state index in [-0.39, 0.29) is 11.9 Å². The van der Waals surface area contributed by atoms with Gasteiger partial charge in [0, 0.05) is 29.5 Å². The van der Waals surface area contributed by atoms with Crippen molar-refractivity contribution in [3.8, 4) is 0 Å². The first-order valence-corrected chi connectivity index (χ1v) is 14.0. The lowest BCUT2D eigenvalue weighted by atomic mass is 9.52. The van der Waals surface area contributed by atoms with E-state index in [0.717, 1.165) is 61.2 Å². The zero-order valence-corrected chi connectivity index (χ0v) is 22.3. The zero-order valence-electron chi connectivity index (χ0n) is 20.7. The van der Waals surface area contributed by atoms with Crippen molar-refractivity contribution in [2.24, 2.45) is 17.8 Å². The highest BCUT2D eigenvalue weighted by molar-refractivity contribution is 9.10. The van der Waals surface area contributed by atoms with Crippen LogP contribution in [0.4, 0.5) is 17.5 Å². The zero-order chi connectivity index (χ0) is 24.9. The lowest BCUT2D eigenvalue weighted by molar-refractivity contribution is -0.129. The number of amides is 1. The number of nitrogens with one attached hydrogen (secondary N) is 3. The summed E-state index contributed by atoms with van der Waals surface area (Å²) in [5, 5.41) is 21.0. The summed E-state index contributed by atoms with van der Waals surface area (Å²) in [5.41, 5.74) is 1.04. The molecule has 4 saturated carbocycles. The first kappa shape index (κ1) is 24.1. The lowest BCUT2D eigenvalue weighted by Gasteiger charge is -2.58. The number of aliphatic hydroxyl groups is 1. The molecule has 7 rings (SSSR count). The minimum Gasteiger partial charge on any atom is -0.390 e. The minimum atomic E-state index is -0.444. The fourth-order valence-electron chi connectivity index (χ4n) is 7.16. The molecule has 2 unspecified atom stereocenters. The molecule has 2 atom stereocenters. The van der Waals surface area contributed by atoms with Gasteiger partial charge in [0.15, 0.2) is 0 Å². The maximum absolute atomic E-state index is 12.7. The summed E-state index contributed by atoms with van der Waals surface area (Å²) >= 11 is 3.61. The van der Waals surface area contributed by atoms with Gasteiger partial charge in [-0.15, -0.1) is 0 Å². The number of hydrogen-bond acceptors (Lipinski definition) is 7. The van der Waals surface area contributed by atoms with Crippen molar-refractivity contribution in [2.45, 2.75) is 62.6 Å². The molecule has 1 saturated heterocycles. The predicted molar refractivity (Wildman–Crippen MR) is 143 cm³/mol. The number of benzene rings is 1. The quantitative estimate of drug-likeness (QED) is 0.425. The van der Waals surface area contributed by atoms with Gasteiger partial charge >= 0.3 is 0 Å². The number of aromatic nitrogens is 2. The Kier molecular flexibility index (Phi) is 6.42. The fourth-order valence-corrected chi connectivity index (χ4v) is 7.46. The van der Waals surface area contributed by atoms with Crippen molar-refractivity contribution < 1.29 is 9.90 Å². The molecule has 2 heterocycles. The summed E-state index contributed by atoms with van der Waals surface area (Å²) in [6.45, 7) is 2.03. The van der Waals surface area contributed by atoms with Gasteiger partial charge in [-0.3, -0.25) is 4.79 Å². The second-order valence-corrected chi connectivity index (χ2v) is 12.4. The number of nitrogens with zero attached hydrogens (tertiary/aromatic N) is 3. The molecular formula is C27H35BrN6O2. The number of carbonyl (C=O) groups excluding carboxylic acids is 1. The van der Waals surface area contributed by atoms with E-state index in [1.54, 1.807) is 6.20 Å². The van der Waals surface area contributed by atoms with E-state index in [9.17, 15) is 9.90 Å². The van der Waals surface area contributed by atoms with E-state index in [0.29, 0.717) is 35.3 Å². The SMILES string of the molecule is CN1CCC(NC(=O)c2ccc(Nc3ncc(Br)c(NC4C5CC6CC4CC(O)(C6)C5)n3)cc2)CC1. The number of halogens is 1. The molecule has 1 amide bonds. The van der Waals surface area contributed by atoms with Crippen LogP contribution in [0.15, 0.2) is 34.9 Å². The monoisotopic (exact) mass is 554 g/mol. The van der Waals surface area contributed by atoms with E-state index in [2.05, 4.69) is 48.8 Å². The second kappa shape index (κ2) is 9.58. The number of piperidine rings is 1. The van der Waals surface area contributed by atoms with Crippen molar-refractivity contribution >= 4 is 39.3 Å². The third-order valence-corrected chi connectivity index (χ3v) is 9.33. The van der Waals surface area contributed by atoms with E-state index in [1.807, 2.05) is 24.3 Å². The first-order valence-electron chi connectivity index (χ1n) is 13.2. The van der Waals surface area contributed by atoms with Gasteiger partial charge in [-0.1, -0.05) is 0 Å². The second-order valence-electron chi connectivity index (χ2n) is 11.5. The summed E-state index contributed by atoms with van der Waals surface area (Å²) in [4.78, 5) is 24.1. The Morgan fingerprint density at radius 2 is 1.81 bits per heavy atom. The van der Waals surface area contributed by atoms with Crippen molar-refractivity contribution in [1.29, 1.82) is 0 Å². The van der Waals surface area contributed by atoms with Crippen LogP contribution in [0.2, 0.25) is 0 Å². The first-order chi connectivity index (χ1) is 17.3. The number of likely N-dealkylation sites (tertiary alicyclic amines) is 1. The standard InChI is InChI=1S/C27H35BrN6O2/c1-34-8-6-21(7-9-34)30-25(35)17-2-4-20(5-3-17)31-26-29-15-22(28)24(33-26)32-23-18-10-16-11-19(23)14-27(36,12-16)13-18/h2-5,15-16,18-19,21,23,36H,6-14H2,1H3,(H,30,35)(H2,29,31,32,33). The molecule has 4 aliphatic carbocycles. The fraction of sp³-hybridized carbons (Fsp3) is 0.593. The smallest absolute Gasteiger partial charge is 0.251 e. The van der Waals surface area contributed by atoms with Crippen molar-refractivity contribution in [2.75, 3.05) is 30.8 Å². The predicted octanol–water partition coefficient (Wildman–Crippen LogP) is 4.16. The van der Waals surface area contributed by atoms with Gasteiger partial charge in [0.2, 0.25) is 5.95 Å². The van der Waals surface area contributed by atoms with E-state index in [4.69, 9.17) is 4.98 Å². The Hall–Kier alpha value is -2.23. The van der Waals surface area contributed by atoms with Crippen LogP contribution in [0.1, 0.15) is 55.3 Å². The molecule has 5 fully saturated rings. The lowest BCUT2D eigenvalue weighted by Crippen LogP contribution is -2.59. The molecule has 192 valence electrons. The average Bonchev–Trinajstić information content (AvgIpc) is 2.84. The Bertz CT molecular complexity index is 1100. The molecular weight excluding hydrogens is 520 g/mol. The summed E-state index contributed by atoms with van der Waals surface area (Å²) in [5.74, 6) is 2.92. The molecule has 1 aromatic heterocycles.